The number of rotatable bonds is 3. The summed E-state index contributed by atoms with van der Waals surface area (Å²) in [4.78, 5) is 15.9. The molecule has 0 radical (unpaired) electrons. The van der Waals surface area contributed by atoms with Crippen LogP contribution in [0.3, 0.4) is 0 Å². The summed E-state index contributed by atoms with van der Waals surface area (Å²) < 4.78 is 39.4. The van der Waals surface area contributed by atoms with Crippen molar-refractivity contribution in [2.45, 2.75) is 6.18 Å². The number of nitriles is 1. The van der Waals surface area contributed by atoms with Crippen LogP contribution in [0, 0.1) is 11.3 Å². The Morgan fingerprint density at radius 3 is 2.60 bits per heavy atom. The van der Waals surface area contributed by atoms with E-state index < -0.39 is 17.6 Å². The van der Waals surface area contributed by atoms with Crippen LogP contribution in [0.1, 0.15) is 11.3 Å². The van der Waals surface area contributed by atoms with Crippen molar-refractivity contribution in [3.05, 3.63) is 51.5 Å². The molecule has 0 saturated carbocycles. The van der Waals surface area contributed by atoms with Gasteiger partial charge in [0.25, 0.3) is 5.91 Å². The minimum absolute atomic E-state index is 0.0212. The van der Waals surface area contributed by atoms with Gasteiger partial charge in [-0.1, -0.05) is 17.7 Å². The van der Waals surface area contributed by atoms with Crippen molar-refractivity contribution in [3.63, 3.8) is 0 Å². The molecule has 130 valence electrons. The largest absolute Gasteiger partial charge is 0.416 e. The number of halogens is 5. The van der Waals surface area contributed by atoms with Gasteiger partial charge < -0.3 is 9.88 Å². The molecular weight excluding hydrogens is 380 g/mol. The Morgan fingerprint density at radius 1 is 1.40 bits per heavy atom. The first-order chi connectivity index (χ1) is 11.6. The number of hydrogen-bond donors (Lipinski definition) is 1. The van der Waals surface area contributed by atoms with E-state index in [0.717, 1.165) is 24.3 Å². The number of aromatic nitrogens is 2. The van der Waals surface area contributed by atoms with Crippen LogP contribution in [0.25, 0.3) is 6.08 Å². The molecule has 0 aliphatic heterocycles. The minimum Gasteiger partial charge on any atom is -0.321 e. The molecule has 0 bridgehead atoms. The molecule has 10 heteroatoms. The van der Waals surface area contributed by atoms with E-state index in [1.165, 1.54) is 17.7 Å². The molecular formula is C15H9Cl2F3N4O. The monoisotopic (exact) mass is 388 g/mol. The molecule has 1 amide bonds. The van der Waals surface area contributed by atoms with E-state index in [1.807, 2.05) is 0 Å². The minimum atomic E-state index is -4.55. The third kappa shape index (κ3) is 4.32. The topological polar surface area (TPSA) is 70.7 Å². The molecule has 1 N–H and O–H groups in total. The van der Waals surface area contributed by atoms with Crippen LogP contribution in [0.15, 0.2) is 29.8 Å². The second-order valence-electron chi connectivity index (χ2n) is 4.82. The second-order valence-corrected chi connectivity index (χ2v) is 5.51. The summed E-state index contributed by atoms with van der Waals surface area (Å²) >= 11 is 11.6. The lowest BCUT2D eigenvalue weighted by molar-refractivity contribution is -0.137. The van der Waals surface area contributed by atoms with Gasteiger partial charge in [-0.05, 0) is 35.9 Å². The number of carbonyl (C=O) groups is 1. The summed E-state index contributed by atoms with van der Waals surface area (Å²) in [6.45, 7) is 0. The predicted molar refractivity (Wildman–Crippen MR) is 86.9 cm³/mol. The molecule has 0 aliphatic rings. The Balaban J connectivity index is 2.30. The molecule has 25 heavy (non-hydrogen) atoms. The van der Waals surface area contributed by atoms with Crippen LogP contribution >= 0.6 is 23.2 Å². The second kappa shape index (κ2) is 7.17. The van der Waals surface area contributed by atoms with E-state index in [1.54, 1.807) is 6.07 Å². The van der Waals surface area contributed by atoms with Crippen molar-refractivity contribution < 1.29 is 18.0 Å². The molecule has 2 rings (SSSR count). The van der Waals surface area contributed by atoms with Crippen LogP contribution in [-0.4, -0.2) is 15.5 Å². The molecule has 1 aromatic carbocycles. The van der Waals surface area contributed by atoms with Crippen LogP contribution in [0.2, 0.25) is 10.4 Å². The lowest BCUT2D eigenvalue weighted by Crippen LogP contribution is -2.14. The summed E-state index contributed by atoms with van der Waals surface area (Å²) in [7, 11) is 1.52. The number of hydrogen-bond acceptors (Lipinski definition) is 3. The fraction of sp³-hybridized carbons (Fsp3) is 0.133. The van der Waals surface area contributed by atoms with Gasteiger partial charge in [0.05, 0.1) is 11.3 Å². The molecule has 0 unspecified atom stereocenters. The number of nitrogens with one attached hydrogen (secondary N) is 1. The van der Waals surface area contributed by atoms with E-state index in [-0.39, 0.29) is 27.4 Å². The molecule has 0 fully saturated rings. The van der Waals surface area contributed by atoms with Gasteiger partial charge in [-0.15, -0.1) is 0 Å². The van der Waals surface area contributed by atoms with E-state index in [4.69, 9.17) is 28.5 Å². The van der Waals surface area contributed by atoms with E-state index in [0.29, 0.717) is 0 Å². The Labute approximate surface area is 150 Å². The lowest BCUT2D eigenvalue weighted by Gasteiger charge is -2.09. The third-order valence-corrected chi connectivity index (χ3v) is 3.75. The number of imidazole rings is 1. The van der Waals surface area contributed by atoms with Crippen LogP contribution in [-0.2, 0) is 18.0 Å². The number of benzene rings is 1. The molecule has 0 aliphatic carbocycles. The number of carbonyl (C=O) groups excluding carboxylic acids is 1. The first-order valence-corrected chi connectivity index (χ1v) is 7.37. The van der Waals surface area contributed by atoms with Crippen molar-refractivity contribution in [3.8, 4) is 6.07 Å². The first kappa shape index (κ1) is 18.8. The highest BCUT2D eigenvalue weighted by atomic mass is 35.5. The van der Waals surface area contributed by atoms with Gasteiger partial charge in [-0.3, -0.25) is 4.79 Å². The maximum atomic E-state index is 12.7. The van der Waals surface area contributed by atoms with Crippen molar-refractivity contribution in [2.24, 2.45) is 7.05 Å². The SMILES string of the molecule is Cn1c(Cl)nc(Cl)c1C=C(C#N)C(=O)Nc1cccc(C(F)(F)F)c1. The maximum absolute atomic E-state index is 12.7. The quantitative estimate of drug-likeness (QED) is 0.629. The highest BCUT2D eigenvalue weighted by Crippen LogP contribution is 2.30. The number of alkyl halides is 3. The summed E-state index contributed by atoms with van der Waals surface area (Å²) in [6, 6.07) is 5.72. The predicted octanol–water partition coefficient (Wildman–Crippen LogP) is 4.29. The van der Waals surface area contributed by atoms with Crippen molar-refractivity contribution >= 4 is 40.9 Å². The normalized spacial score (nSPS) is 12.0. The Morgan fingerprint density at radius 2 is 2.08 bits per heavy atom. The van der Waals surface area contributed by atoms with Gasteiger partial charge in [-0.2, -0.15) is 18.4 Å². The summed E-state index contributed by atoms with van der Waals surface area (Å²) in [6.07, 6.45) is -3.40. The maximum Gasteiger partial charge on any atom is 0.416 e. The van der Waals surface area contributed by atoms with Gasteiger partial charge in [0.1, 0.15) is 11.6 Å². The standard InChI is InChI=1S/C15H9Cl2F3N4O/c1-24-11(12(16)23-14(24)17)5-8(7-21)13(25)22-10-4-2-3-9(6-10)15(18,19)20/h2-6H,1H3,(H,22,25). The highest BCUT2D eigenvalue weighted by Gasteiger charge is 2.30. The molecule has 2 aromatic rings. The van der Waals surface area contributed by atoms with Gasteiger partial charge in [0.2, 0.25) is 5.28 Å². The summed E-state index contributed by atoms with van der Waals surface area (Å²) in [5.41, 5.74) is -1.19. The van der Waals surface area contributed by atoms with Crippen molar-refractivity contribution in [1.29, 1.82) is 5.26 Å². The summed E-state index contributed by atoms with van der Waals surface area (Å²) in [5, 5.41) is 11.4. The number of anilines is 1. The Bertz CT molecular complexity index is 897. The zero-order chi connectivity index (χ0) is 18.8. The summed E-state index contributed by atoms with van der Waals surface area (Å²) in [5.74, 6) is -0.893. The average molecular weight is 389 g/mol. The van der Waals surface area contributed by atoms with Crippen LogP contribution in [0.4, 0.5) is 18.9 Å². The molecule has 1 aromatic heterocycles. The van der Waals surface area contributed by atoms with Crippen LogP contribution < -0.4 is 5.32 Å². The smallest absolute Gasteiger partial charge is 0.321 e. The third-order valence-electron chi connectivity index (χ3n) is 3.13. The first-order valence-electron chi connectivity index (χ1n) is 6.61. The van der Waals surface area contributed by atoms with E-state index >= 15 is 0 Å². The fourth-order valence-electron chi connectivity index (χ4n) is 1.86. The molecule has 5 nitrogen and oxygen atoms in total. The van der Waals surface area contributed by atoms with E-state index in [9.17, 15) is 18.0 Å². The Kier molecular flexibility index (Phi) is 5.40. The van der Waals surface area contributed by atoms with Gasteiger partial charge in [0, 0.05) is 12.7 Å². The Hall–Kier alpha value is -2.50. The van der Waals surface area contributed by atoms with Gasteiger partial charge in [-0.25, -0.2) is 4.98 Å². The molecule has 0 atom stereocenters. The fourth-order valence-corrected chi connectivity index (χ4v) is 2.34. The van der Waals surface area contributed by atoms with Gasteiger partial charge in [0.15, 0.2) is 5.15 Å². The van der Waals surface area contributed by atoms with E-state index in [2.05, 4.69) is 10.3 Å². The van der Waals surface area contributed by atoms with Gasteiger partial charge >= 0.3 is 6.18 Å². The van der Waals surface area contributed by atoms with Crippen molar-refractivity contribution in [1.82, 2.24) is 9.55 Å². The van der Waals surface area contributed by atoms with Crippen molar-refractivity contribution in [2.75, 3.05) is 5.32 Å². The average Bonchev–Trinajstić information content (AvgIpc) is 2.77. The zero-order valence-electron chi connectivity index (χ0n) is 12.5. The lowest BCUT2D eigenvalue weighted by atomic mass is 10.1. The highest BCUT2D eigenvalue weighted by molar-refractivity contribution is 6.33. The molecule has 0 spiro atoms. The zero-order valence-corrected chi connectivity index (χ0v) is 14.0. The molecule has 0 saturated heterocycles. The van der Waals surface area contributed by atoms with Crippen LogP contribution in [0.5, 0.6) is 0 Å². The number of amides is 1. The molecule has 1 heterocycles. The number of nitrogens with zero attached hydrogens (tertiary/aromatic N) is 3.